The largest absolute Gasteiger partial charge is 0.697 e. The highest BCUT2D eigenvalue weighted by Gasteiger charge is 2.18. The Kier molecular flexibility index (Phi) is 32.1. The third-order valence-electron chi connectivity index (χ3n) is 6.74. The zero-order valence-corrected chi connectivity index (χ0v) is 25.3. The molecule has 3 nitrogen and oxygen atoms in total. The third kappa shape index (κ3) is 31.5. The number of hydrogen-bond donors (Lipinski definition) is 0. The fraction of sp³-hybridized carbons (Fsp3) is 0.875. The van der Waals surface area contributed by atoms with Gasteiger partial charge in [0.05, 0.1) is 0 Å². The van der Waals surface area contributed by atoms with Crippen LogP contribution in [0, 0.1) is 0 Å². The standard InChI is InChI=1S/C32H62O3P/c1-3-5-7-9-11-13-15-17-18-19-20-22-24-26-28-30-32-35-36(33)34-31-29-27-25-23-21-16-14-12-10-8-6-4-2/h11,13,17-18H,3-10,12,14-16,19-32H2,1-2H3/q+1/b13-11-,18-17-. The van der Waals surface area contributed by atoms with Crippen molar-refractivity contribution in [3.8, 4) is 0 Å². The van der Waals surface area contributed by atoms with Crippen molar-refractivity contribution in [3.63, 3.8) is 0 Å². The van der Waals surface area contributed by atoms with Gasteiger partial charge in [-0.15, -0.1) is 9.05 Å². The first-order valence-electron chi connectivity index (χ1n) is 15.8. The highest BCUT2D eigenvalue weighted by Crippen LogP contribution is 2.25. The summed E-state index contributed by atoms with van der Waals surface area (Å²) >= 11 is 0. The molecule has 0 aliphatic heterocycles. The predicted octanol–water partition coefficient (Wildman–Crippen LogP) is 12.2. The summed E-state index contributed by atoms with van der Waals surface area (Å²) in [5, 5.41) is 0. The number of unbranched alkanes of at least 4 members (excludes halogenated alkanes) is 20. The van der Waals surface area contributed by atoms with E-state index in [4.69, 9.17) is 9.05 Å². The minimum absolute atomic E-state index is 0.558. The average Bonchev–Trinajstić information content (AvgIpc) is 2.88. The van der Waals surface area contributed by atoms with E-state index in [9.17, 15) is 4.57 Å². The number of hydrogen-bond acceptors (Lipinski definition) is 3. The van der Waals surface area contributed by atoms with Crippen LogP contribution in [0.3, 0.4) is 0 Å². The maximum atomic E-state index is 11.8. The summed E-state index contributed by atoms with van der Waals surface area (Å²) in [5.41, 5.74) is 0. The zero-order chi connectivity index (χ0) is 26.2. The molecule has 212 valence electrons. The van der Waals surface area contributed by atoms with Crippen molar-refractivity contribution < 1.29 is 13.6 Å². The van der Waals surface area contributed by atoms with Gasteiger partial charge < -0.3 is 0 Å². The normalized spacial score (nSPS) is 12.3. The Morgan fingerprint density at radius 3 is 1.22 bits per heavy atom. The van der Waals surface area contributed by atoms with Crippen LogP contribution in [0.15, 0.2) is 24.3 Å². The second kappa shape index (κ2) is 32.5. The van der Waals surface area contributed by atoms with E-state index < -0.39 is 8.25 Å². The second-order valence-electron chi connectivity index (χ2n) is 10.4. The monoisotopic (exact) mass is 525 g/mol. The van der Waals surface area contributed by atoms with Crippen molar-refractivity contribution >= 4 is 8.25 Å². The van der Waals surface area contributed by atoms with Crippen molar-refractivity contribution in [2.24, 2.45) is 0 Å². The maximum Gasteiger partial charge on any atom is 0.697 e. The quantitative estimate of drug-likeness (QED) is 0.0531. The van der Waals surface area contributed by atoms with Gasteiger partial charge in [0.15, 0.2) is 0 Å². The Morgan fingerprint density at radius 1 is 0.444 bits per heavy atom. The molecule has 36 heavy (non-hydrogen) atoms. The van der Waals surface area contributed by atoms with E-state index >= 15 is 0 Å². The van der Waals surface area contributed by atoms with Crippen LogP contribution in [-0.4, -0.2) is 13.2 Å². The van der Waals surface area contributed by atoms with Crippen molar-refractivity contribution in [3.05, 3.63) is 24.3 Å². The van der Waals surface area contributed by atoms with E-state index in [0.717, 1.165) is 25.7 Å². The molecule has 0 rings (SSSR count). The average molecular weight is 526 g/mol. The molecule has 1 atom stereocenters. The Balaban J connectivity index is 3.22. The number of rotatable bonds is 30. The molecule has 0 saturated heterocycles. The summed E-state index contributed by atoms with van der Waals surface area (Å²) in [7, 11) is -1.93. The molecule has 0 aromatic rings. The van der Waals surface area contributed by atoms with Gasteiger partial charge in [-0.2, -0.15) is 0 Å². The van der Waals surface area contributed by atoms with Gasteiger partial charge in [0.25, 0.3) is 0 Å². The molecular weight excluding hydrogens is 463 g/mol. The lowest BCUT2D eigenvalue weighted by Gasteiger charge is -2.02. The highest BCUT2D eigenvalue weighted by molar-refractivity contribution is 7.33. The molecule has 0 N–H and O–H groups in total. The van der Waals surface area contributed by atoms with Crippen LogP contribution in [-0.2, 0) is 13.6 Å². The molecule has 4 heteroatoms. The van der Waals surface area contributed by atoms with Gasteiger partial charge in [0, 0.05) is 4.57 Å². The topological polar surface area (TPSA) is 35.5 Å². The van der Waals surface area contributed by atoms with Gasteiger partial charge in [-0.3, -0.25) is 0 Å². The Morgan fingerprint density at radius 2 is 0.778 bits per heavy atom. The first kappa shape index (κ1) is 35.5. The van der Waals surface area contributed by atoms with Crippen LogP contribution in [0.1, 0.15) is 168 Å². The first-order chi connectivity index (χ1) is 17.8. The van der Waals surface area contributed by atoms with Gasteiger partial charge in [-0.05, 0) is 44.9 Å². The van der Waals surface area contributed by atoms with Crippen LogP contribution in [0.25, 0.3) is 0 Å². The van der Waals surface area contributed by atoms with E-state index in [-0.39, 0.29) is 0 Å². The lowest BCUT2D eigenvalue weighted by atomic mass is 10.1. The van der Waals surface area contributed by atoms with Crippen LogP contribution < -0.4 is 0 Å². The lowest BCUT2D eigenvalue weighted by Crippen LogP contribution is -1.92. The second-order valence-corrected chi connectivity index (χ2v) is 11.3. The van der Waals surface area contributed by atoms with E-state index in [2.05, 4.69) is 38.2 Å². The first-order valence-corrected chi connectivity index (χ1v) is 16.9. The van der Waals surface area contributed by atoms with Gasteiger partial charge in [0.1, 0.15) is 13.2 Å². The molecule has 0 aliphatic carbocycles. The molecule has 0 fully saturated rings. The molecule has 0 spiro atoms. The molecule has 0 amide bonds. The summed E-state index contributed by atoms with van der Waals surface area (Å²) in [4.78, 5) is 0. The van der Waals surface area contributed by atoms with E-state index in [1.165, 1.54) is 128 Å². The number of allylic oxidation sites excluding steroid dienone is 4. The predicted molar refractivity (Wildman–Crippen MR) is 160 cm³/mol. The molecule has 0 radical (unpaired) electrons. The highest BCUT2D eigenvalue weighted by atomic mass is 31.1. The summed E-state index contributed by atoms with van der Waals surface area (Å²) in [5.74, 6) is 0. The van der Waals surface area contributed by atoms with Crippen molar-refractivity contribution in [1.82, 2.24) is 0 Å². The molecule has 0 bridgehead atoms. The molecular formula is C32H62O3P+. The van der Waals surface area contributed by atoms with Crippen LogP contribution in [0.5, 0.6) is 0 Å². The van der Waals surface area contributed by atoms with Gasteiger partial charge >= 0.3 is 8.25 Å². The van der Waals surface area contributed by atoms with Crippen LogP contribution in [0.2, 0.25) is 0 Å². The van der Waals surface area contributed by atoms with E-state index in [1.54, 1.807) is 0 Å². The summed E-state index contributed by atoms with van der Waals surface area (Å²) < 4.78 is 22.5. The van der Waals surface area contributed by atoms with E-state index in [0.29, 0.717) is 13.2 Å². The molecule has 0 aromatic heterocycles. The van der Waals surface area contributed by atoms with Gasteiger partial charge in [-0.1, -0.05) is 147 Å². The van der Waals surface area contributed by atoms with Crippen molar-refractivity contribution in [2.45, 2.75) is 168 Å². The Hall–Kier alpha value is -0.500. The van der Waals surface area contributed by atoms with Gasteiger partial charge in [-0.25, -0.2) is 0 Å². The summed E-state index contributed by atoms with van der Waals surface area (Å²) in [6, 6.07) is 0. The lowest BCUT2D eigenvalue weighted by molar-refractivity contribution is 0.218. The van der Waals surface area contributed by atoms with Gasteiger partial charge in [0.2, 0.25) is 0 Å². The molecule has 0 aliphatic rings. The molecule has 0 aromatic carbocycles. The van der Waals surface area contributed by atoms with Crippen LogP contribution in [0.4, 0.5) is 0 Å². The Bertz CT molecular complexity index is 490. The minimum atomic E-state index is -1.93. The fourth-order valence-corrected chi connectivity index (χ4v) is 4.98. The van der Waals surface area contributed by atoms with E-state index in [1.807, 2.05) is 0 Å². The smallest absolute Gasteiger partial charge is 0.119 e. The summed E-state index contributed by atoms with van der Waals surface area (Å²) in [6.07, 6.45) is 39.9. The molecule has 0 heterocycles. The SMILES string of the molecule is CCCCC/C=C\C/C=C\CCCCCCCCO[P+](=O)OCCCCCCCCCCCCCC. The molecule has 0 saturated carbocycles. The van der Waals surface area contributed by atoms with Crippen molar-refractivity contribution in [1.29, 1.82) is 0 Å². The molecule has 1 unspecified atom stereocenters. The van der Waals surface area contributed by atoms with Crippen LogP contribution >= 0.6 is 8.25 Å². The minimum Gasteiger partial charge on any atom is -0.119 e. The zero-order valence-electron chi connectivity index (χ0n) is 24.4. The summed E-state index contributed by atoms with van der Waals surface area (Å²) in [6.45, 7) is 5.65. The maximum absolute atomic E-state index is 11.8. The fourth-order valence-electron chi connectivity index (χ4n) is 4.35. The van der Waals surface area contributed by atoms with Crippen molar-refractivity contribution in [2.75, 3.05) is 13.2 Å². The Labute approximate surface area is 227 Å². The third-order valence-corrected chi connectivity index (χ3v) is 7.52.